The van der Waals surface area contributed by atoms with Crippen molar-refractivity contribution in [2.75, 3.05) is 0 Å². The molecule has 0 unspecified atom stereocenters. The van der Waals surface area contributed by atoms with E-state index in [1.165, 1.54) is 10.4 Å². The molecule has 0 atom stereocenters. The van der Waals surface area contributed by atoms with Crippen LogP contribution in [0.2, 0.25) is 5.02 Å². The van der Waals surface area contributed by atoms with Gasteiger partial charge in [0.25, 0.3) is 0 Å². The van der Waals surface area contributed by atoms with E-state index in [0.29, 0.717) is 6.54 Å². The van der Waals surface area contributed by atoms with Crippen LogP contribution in [0.4, 0.5) is 0 Å². The predicted octanol–water partition coefficient (Wildman–Crippen LogP) is 5.18. The summed E-state index contributed by atoms with van der Waals surface area (Å²) in [6, 6.07) is 11.7. The highest BCUT2D eigenvalue weighted by Gasteiger charge is 2.06. The Labute approximate surface area is 152 Å². The molecular formula is C19H22ClN3S. The number of aryl methyl sites for hydroxylation is 3. The number of aromatic nitrogens is 2. The van der Waals surface area contributed by atoms with Gasteiger partial charge in [0.2, 0.25) is 0 Å². The van der Waals surface area contributed by atoms with Crippen LogP contribution in [-0.4, -0.2) is 9.97 Å². The van der Waals surface area contributed by atoms with Crippen LogP contribution in [0, 0.1) is 13.8 Å². The fourth-order valence-corrected chi connectivity index (χ4v) is 3.06. The zero-order valence-corrected chi connectivity index (χ0v) is 15.8. The van der Waals surface area contributed by atoms with Crippen molar-refractivity contribution in [3.8, 4) is 10.6 Å². The molecule has 3 nitrogen and oxygen atoms in total. The summed E-state index contributed by atoms with van der Waals surface area (Å²) in [6.07, 6.45) is 2.83. The van der Waals surface area contributed by atoms with Crippen LogP contribution in [0.15, 0.2) is 42.6 Å². The zero-order chi connectivity index (χ0) is 17.5. The Morgan fingerprint density at radius 2 is 1.83 bits per heavy atom. The minimum Gasteiger partial charge on any atom is -0.326 e. The highest BCUT2D eigenvalue weighted by atomic mass is 35.5. The smallest absolute Gasteiger partial charge is 0.123 e. The first kappa shape index (κ1) is 18.6. The second kappa shape index (κ2) is 8.92. The molecule has 24 heavy (non-hydrogen) atoms. The zero-order valence-electron chi connectivity index (χ0n) is 14.2. The van der Waals surface area contributed by atoms with Crippen molar-refractivity contribution in [3.05, 3.63) is 69.4 Å². The maximum Gasteiger partial charge on any atom is 0.123 e. The van der Waals surface area contributed by atoms with Gasteiger partial charge in [0.05, 0.1) is 5.69 Å². The second-order valence-corrected chi connectivity index (χ2v) is 7.02. The maximum absolute atomic E-state index is 5.63. The SMILES string of the molecule is CCc1cc(-c2nc(C)c(C)s2)ccn1.NCc1ccc(Cl)cc1. The highest BCUT2D eigenvalue weighted by Crippen LogP contribution is 2.27. The molecule has 5 heteroatoms. The molecule has 3 rings (SSSR count). The van der Waals surface area contributed by atoms with Gasteiger partial charge in [-0.2, -0.15) is 0 Å². The van der Waals surface area contributed by atoms with Crippen molar-refractivity contribution in [1.82, 2.24) is 9.97 Å². The summed E-state index contributed by atoms with van der Waals surface area (Å²) in [7, 11) is 0. The van der Waals surface area contributed by atoms with Crippen LogP contribution in [0.5, 0.6) is 0 Å². The Kier molecular flexibility index (Phi) is 6.91. The topological polar surface area (TPSA) is 51.8 Å². The molecule has 0 amide bonds. The van der Waals surface area contributed by atoms with E-state index >= 15 is 0 Å². The number of benzene rings is 1. The third-order valence-corrected chi connectivity index (χ3v) is 4.98. The molecule has 0 fully saturated rings. The van der Waals surface area contributed by atoms with E-state index < -0.39 is 0 Å². The molecule has 0 radical (unpaired) electrons. The summed E-state index contributed by atoms with van der Waals surface area (Å²) in [5.41, 5.74) is 9.90. The number of nitrogens with two attached hydrogens (primary N) is 1. The van der Waals surface area contributed by atoms with Gasteiger partial charge in [-0.25, -0.2) is 4.98 Å². The summed E-state index contributed by atoms with van der Waals surface area (Å²) >= 11 is 7.38. The van der Waals surface area contributed by atoms with E-state index in [9.17, 15) is 0 Å². The molecule has 0 aliphatic rings. The third kappa shape index (κ3) is 5.13. The number of nitrogens with zero attached hydrogens (tertiary/aromatic N) is 2. The van der Waals surface area contributed by atoms with Gasteiger partial charge in [-0.15, -0.1) is 11.3 Å². The fourth-order valence-electron chi connectivity index (χ4n) is 2.02. The standard InChI is InChI=1S/C12H14N2S.C7H8ClN/c1-4-11-7-10(5-6-13-11)12-14-8(2)9(3)15-12;8-7-3-1-6(5-9)2-4-7/h5-7H,4H2,1-3H3;1-4H,5,9H2. The number of hydrogen-bond donors (Lipinski definition) is 1. The average molecular weight is 360 g/mol. The van der Waals surface area contributed by atoms with Gasteiger partial charge in [0, 0.05) is 33.9 Å². The van der Waals surface area contributed by atoms with E-state index in [1.54, 1.807) is 11.3 Å². The second-order valence-electron chi connectivity index (χ2n) is 5.38. The quantitative estimate of drug-likeness (QED) is 0.700. The van der Waals surface area contributed by atoms with Crippen molar-refractivity contribution < 1.29 is 0 Å². The van der Waals surface area contributed by atoms with Crippen molar-refractivity contribution in [2.24, 2.45) is 5.73 Å². The number of rotatable bonds is 3. The molecule has 3 aromatic rings. The summed E-state index contributed by atoms with van der Waals surface area (Å²) < 4.78 is 0. The molecule has 0 aliphatic carbocycles. The molecule has 0 spiro atoms. The highest BCUT2D eigenvalue weighted by molar-refractivity contribution is 7.15. The first-order valence-corrected chi connectivity index (χ1v) is 9.06. The minimum atomic E-state index is 0.581. The molecule has 0 bridgehead atoms. The van der Waals surface area contributed by atoms with Crippen molar-refractivity contribution in [3.63, 3.8) is 0 Å². The van der Waals surface area contributed by atoms with Gasteiger partial charge < -0.3 is 5.73 Å². The molecule has 0 saturated carbocycles. The number of thiazole rings is 1. The van der Waals surface area contributed by atoms with E-state index in [1.807, 2.05) is 36.5 Å². The van der Waals surface area contributed by atoms with Gasteiger partial charge >= 0.3 is 0 Å². The lowest BCUT2D eigenvalue weighted by atomic mass is 10.2. The predicted molar refractivity (Wildman–Crippen MR) is 104 cm³/mol. The van der Waals surface area contributed by atoms with Crippen LogP contribution in [0.1, 0.15) is 28.8 Å². The van der Waals surface area contributed by atoms with Gasteiger partial charge in [0.15, 0.2) is 0 Å². The summed E-state index contributed by atoms with van der Waals surface area (Å²) in [4.78, 5) is 10.1. The summed E-state index contributed by atoms with van der Waals surface area (Å²) in [5.74, 6) is 0. The normalized spacial score (nSPS) is 10.2. The summed E-state index contributed by atoms with van der Waals surface area (Å²) in [6.45, 7) is 6.86. The van der Waals surface area contributed by atoms with Crippen molar-refractivity contribution in [2.45, 2.75) is 33.7 Å². The lowest BCUT2D eigenvalue weighted by Crippen LogP contribution is -1.94. The van der Waals surface area contributed by atoms with E-state index in [-0.39, 0.29) is 0 Å². The van der Waals surface area contributed by atoms with E-state index in [2.05, 4.69) is 36.8 Å². The lowest BCUT2D eigenvalue weighted by molar-refractivity contribution is 1.04. The van der Waals surface area contributed by atoms with Gasteiger partial charge in [-0.05, 0) is 50.1 Å². The molecule has 2 aromatic heterocycles. The molecule has 2 N–H and O–H groups in total. The molecular weight excluding hydrogens is 338 g/mol. The molecule has 0 saturated heterocycles. The molecule has 126 valence electrons. The van der Waals surface area contributed by atoms with E-state index in [0.717, 1.165) is 33.4 Å². The van der Waals surface area contributed by atoms with Gasteiger partial charge in [-0.3, -0.25) is 4.98 Å². The number of hydrogen-bond acceptors (Lipinski definition) is 4. The number of halogens is 1. The largest absolute Gasteiger partial charge is 0.326 e. The van der Waals surface area contributed by atoms with Crippen LogP contribution < -0.4 is 5.73 Å². The first-order chi connectivity index (χ1) is 11.5. The van der Waals surface area contributed by atoms with Crippen LogP contribution in [0.25, 0.3) is 10.6 Å². The van der Waals surface area contributed by atoms with Crippen molar-refractivity contribution in [1.29, 1.82) is 0 Å². The third-order valence-electron chi connectivity index (χ3n) is 3.60. The number of pyridine rings is 1. The van der Waals surface area contributed by atoms with Gasteiger partial charge in [0.1, 0.15) is 5.01 Å². The summed E-state index contributed by atoms with van der Waals surface area (Å²) in [5, 5.41) is 1.86. The van der Waals surface area contributed by atoms with E-state index in [4.69, 9.17) is 17.3 Å². The minimum absolute atomic E-state index is 0.581. The van der Waals surface area contributed by atoms with Gasteiger partial charge in [-0.1, -0.05) is 30.7 Å². The maximum atomic E-state index is 5.63. The lowest BCUT2D eigenvalue weighted by Gasteiger charge is -1.98. The van der Waals surface area contributed by atoms with Crippen molar-refractivity contribution >= 4 is 22.9 Å². The Morgan fingerprint density at radius 3 is 2.38 bits per heavy atom. The van der Waals surface area contributed by atoms with Crippen LogP contribution in [0.3, 0.4) is 0 Å². The molecule has 2 heterocycles. The van der Waals surface area contributed by atoms with Crippen LogP contribution >= 0.6 is 22.9 Å². The Morgan fingerprint density at radius 1 is 1.12 bits per heavy atom. The van der Waals surface area contributed by atoms with Crippen LogP contribution in [-0.2, 0) is 13.0 Å². The Bertz CT molecular complexity index is 762. The Balaban J connectivity index is 0.000000198. The Hall–Kier alpha value is -1.75. The first-order valence-electron chi connectivity index (χ1n) is 7.87. The molecule has 0 aliphatic heterocycles. The monoisotopic (exact) mass is 359 g/mol. The average Bonchev–Trinajstić information content (AvgIpc) is 2.95. The molecule has 1 aromatic carbocycles. The fraction of sp³-hybridized carbons (Fsp3) is 0.263.